The van der Waals surface area contributed by atoms with Gasteiger partial charge in [-0.15, -0.1) is 5.10 Å². The van der Waals surface area contributed by atoms with Crippen LogP contribution in [0.25, 0.3) is 0 Å². The lowest BCUT2D eigenvalue weighted by molar-refractivity contribution is -0.812. The molecule has 0 aliphatic carbocycles. The van der Waals surface area contributed by atoms with Gasteiger partial charge in [0.25, 0.3) is 0 Å². The van der Waals surface area contributed by atoms with Crippen LogP contribution in [0, 0.1) is 11.3 Å². The zero-order valence-corrected chi connectivity index (χ0v) is 26.6. The smallest absolute Gasteiger partial charge is 0.418 e. The van der Waals surface area contributed by atoms with Crippen molar-refractivity contribution in [2.45, 2.75) is 32.0 Å². The van der Waals surface area contributed by atoms with Gasteiger partial charge in [0.2, 0.25) is 5.95 Å². The number of hydrogen-bond acceptors (Lipinski definition) is 9. The predicted molar refractivity (Wildman–Crippen MR) is 161 cm³/mol. The normalized spacial score (nSPS) is 14.4. The number of rotatable bonds is 7. The van der Waals surface area contributed by atoms with Crippen LogP contribution in [0.3, 0.4) is 0 Å². The van der Waals surface area contributed by atoms with Gasteiger partial charge in [-0.3, -0.25) is 9.80 Å². The fourth-order valence-corrected chi connectivity index (χ4v) is 5.54. The van der Waals surface area contributed by atoms with E-state index in [1.54, 1.807) is 53.3 Å². The van der Waals surface area contributed by atoms with Gasteiger partial charge in [-0.2, -0.15) is 18.4 Å². The third-order valence-corrected chi connectivity index (χ3v) is 7.61. The molecule has 0 spiro atoms. The molecule has 0 fully saturated rings. The summed E-state index contributed by atoms with van der Waals surface area (Å²) in [6.45, 7) is 1.50. The summed E-state index contributed by atoms with van der Waals surface area (Å²) in [6, 6.07) is 10.3. The Hall–Kier alpha value is -5.43. The van der Waals surface area contributed by atoms with Crippen molar-refractivity contribution < 1.29 is 41.9 Å². The summed E-state index contributed by atoms with van der Waals surface area (Å²) in [4.78, 5) is 50.4. The molecule has 0 unspecified atom stereocenters. The molecule has 1 aliphatic rings. The highest BCUT2D eigenvalue weighted by Crippen LogP contribution is 2.43. The highest BCUT2D eigenvalue weighted by atomic mass is 19.4. The number of H-pyrrole nitrogens is 1. The molecule has 0 saturated heterocycles. The molecule has 1 N–H and O–H groups in total. The number of nitrogens with zero attached hydrogens (tertiary/aromatic N) is 6. The van der Waals surface area contributed by atoms with Gasteiger partial charge >= 0.3 is 23.9 Å². The largest absolute Gasteiger partial charge is 0.554 e. The maximum Gasteiger partial charge on any atom is 0.418 e. The van der Waals surface area contributed by atoms with Crippen LogP contribution >= 0.6 is 0 Å². The second-order valence-corrected chi connectivity index (χ2v) is 11.3. The third-order valence-electron chi connectivity index (χ3n) is 7.61. The van der Waals surface area contributed by atoms with Crippen molar-refractivity contribution in [2.75, 3.05) is 46.7 Å². The van der Waals surface area contributed by atoms with Gasteiger partial charge in [-0.25, -0.2) is 28.5 Å². The molecule has 1 aromatic heterocycles. The number of carboxylic acid groups (broad SMARTS) is 1. The van der Waals surface area contributed by atoms with Crippen molar-refractivity contribution in [3.63, 3.8) is 0 Å². The highest BCUT2D eigenvalue weighted by molar-refractivity contribution is 5.93. The van der Waals surface area contributed by atoms with Crippen molar-refractivity contribution in [3.8, 4) is 6.07 Å². The first-order chi connectivity index (χ1) is 22.0. The molecule has 16 heteroatoms. The number of aromatic amines is 1. The first-order valence-electron chi connectivity index (χ1n) is 14.1. The monoisotopic (exact) mass is 657 g/mol. The lowest BCUT2D eigenvalue weighted by Gasteiger charge is -2.36. The number of halogens is 3. The molecule has 1 atom stereocenters. The number of nitriles is 1. The Bertz CT molecular complexity index is 1790. The van der Waals surface area contributed by atoms with E-state index in [0.29, 0.717) is 36.1 Å². The summed E-state index contributed by atoms with van der Waals surface area (Å²) in [5.74, 6) is -0.831. The van der Waals surface area contributed by atoms with E-state index in [2.05, 4.69) is 16.3 Å². The Morgan fingerprint density at radius 2 is 1.87 bits per heavy atom. The molecule has 2 heterocycles. The molecule has 47 heavy (non-hydrogen) atoms. The number of amides is 2. The number of hydrogen-bond donors (Lipinski definition) is 1. The molecule has 0 radical (unpaired) electrons. The number of esters is 1. The molecule has 0 bridgehead atoms. The molecule has 13 nitrogen and oxygen atoms in total. The zero-order valence-electron chi connectivity index (χ0n) is 26.6. The SMILES string of the molecule is COC(=O)C1=C(C)N(c2cccc(C(F)(F)F)c2)c2n[nH]c(=O)n2[C@@H]1c1ccc(C#N)cc1CCC[N+](C)(C)C(=O)N(C)C.O=C[O-]. The van der Waals surface area contributed by atoms with Crippen LogP contribution in [-0.2, 0) is 26.9 Å². The quantitative estimate of drug-likeness (QED) is 0.229. The van der Waals surface area contributed by atoms with E-state index in [1.807, 2.05) is 0 Å². The van der Waals surface area contributed by atoms with Crippen molar-refractivity contribution in [1.82, 2.24) is 19.7 Å². The summed E-state index contributed by atoms with van der Waals surface area (Å²) >= 11 is 0. The number of nitrogens with one attached hydrogen (secondary N) is 1. The molecule has 3 aromatic rings. The van der Waals surface area contributed by atoms with Crippen molar-refractivity contribution in [1.29, 1.82) is 5.26 Å². The number of allylic oxidation sites excluding steroid dienone is 1. The molecule has 1 aliphatic heterocycles. The van der Waals surface area contributed by atoms with Crippen LogP contribution in [0.15, 0.2) is 58.5 Å². The average Bonchev–Trinajstić information content (AvgIpc) is 3.40. The van der Waals surface area contributed by atoms with E-state index < -0.39 is 35.9 Å². The summed E-state index contributed by atoms with van der Waals surface area (Å²) in [6.07, 6.45) is -3.73. The number of quaternary nitrogens is 1. The van der Waals surface area contributed by atoms with Crippen LogP contribution in [0.5, 0.6) is 0 Å². The lowest BCUT2D eigenvalue weighted by atomic mass is 9.88. The van der Waals surface area contributed by atoms with Gasteiger partial charge in [0.15, 0.2) is 0 Å². The van der Waals surface area contributed by atoms with E-state index in [-0.39, 0.29) is 33.4 Å². The second kappa shape index (κ2) is 14.3. The number of carbonyl (C=O) groups excluding carboxylic acids is 3. The van der Waals surface area contributed by atoms with Crippen molar-refractivity contribution in [3.05, 3.63) is 86.5 Å². The minimum atomic E-state index is -4.63. The minimum Gasteiger partial charge on any atom is -0.554 e. The van der Waals surface area contributed by atoms with Crippen LogP contribution in [0.2, 0.25) is 0 Å². The van der Waals surface area contributed by atoms with E-state index >= 15 is 0 Å². The fraction of sp³-hybridized carbons (Fsp3) is 0.355. The number of alkyl halides is 3. The Balaban J connectivity index is 0.00000192. The van der Waals surface area contributed by atoms with E-state index in [1.165, 1.54) is 33.6 Å². The number of fused-ring (bicyclic) bond motifs is 1. The lowest BCUT2D eigenvalue weighted by Crippen LogP contribution is -2.51. The number of urea groups is 1. The first-order valence-corrected chi connectivity index (χ1v) is 14.1. The predicted octanol–water partition coefficient (Wildman–Crippen LogP) is 2.71. The van der Waals surface area contributed by atoms with E-state index in [4.69, 9.17) is 14.6 Å². The van der Waals surface area contributed by atoms with Gasteiger partial charge in [-0.05, 0) is 54.8 Å². The number of benzene rings is 2. The highest BCUT2D eigenvalue weighted by Gasteiger charge is 2.41. The Morgan fingerprint density at radius 3 is 2.45 bits per heavy atom. The Labute approximate surface area is 268 Å². The number of methoxy groups -OCH3 is 1. The Morgan fingerprint density at radius 1 is 1.21 bits per heavy atom. The number of aromatic nitrogens is 3. The maximum atomic E-state index is 13.6. The second-order valence-electron chi connectivity index (χ2n) is 11.3. The van der Waals surface area contributed by atoms with Crippen LogP contribution in [0.1, 0.15) is 41.6 Å². The molecule has 0 saturated carbocycles. The fourth-order valence-electron chi connectivity index (χ4n) is 5.54. The molecule has 250 valence electrons. The molecule has 2 amide bonds. The van der Waals surface area contributed by atoms with Crippen LogP contribution in [-0.4, -0.2) is 84.5 Å². The summed E-state index contributed by atoms with van der Waals surface area (Å²) in [7, 11) is 8.09. The van der Waals surface area contributed by atoms with E-state index in [9.17, 15) is 32.8 Å². The number of anilines is 2. The van der Waals surface area contributed by atoms with Gasteiger partial charge in [0.1, 0.15) is 6.04 Å². The summed E-state index contributed by atoms with van der Waals surface area (Å²) < 4.78 is 47.2. The van der Waals surface area contributed by atoms with Crippen molar-refractivity contribution in [2.24, 2.45) is 0 Å². The minimum absolute atomic E-state index is 0.00534. The van der Waals surface area contributed by atoms with Gasteiger partial charge in [0.05, 0.1) is 50.5 Å². The van der Waals surface area contributed by atoms with Gasteiger partial charge in [0, 0.05) is 38.4 Å². The molecule has 4 rings (SSSR count). The zero-order chi connectivity index (χ0) is 35.3. The standard InChI is InChI=1S/C30H32F3N7O4.CH2O2/c1-18-24(26(41)44-6)25(23-13-12-19(17-34)15-20(23)9-8-14-40(4,5)29(43)37(2)3)39-27(35-36-28(39)42)38(18)22-11-7-10-21(16-22)30(31,32)33;2-1-3/h7,10-13,15-16,25H,8-9,14H2,1-6H3;1H,(H,2,3)/t25-;/m1./s1. The molecular formula is C31H34F3N7O6. The number of carbonyl (C=O) groups is 3. The number of aryl methyl sites for hydroxylation is 1. The molecule has 2 aromatic carbocycles. The van der Waals surface area contributed by atoms with Gasteiger partial charge in [-0.1, -0.05) is 12.1 Å². The third kappa shape index (κ3) is 7.52. The molecular weight excluding hydrogens is 623 g/mol. The van der Waals surface area contributed by atoms with Gasteiger partial charge < -0.3 is 14.6 Å². The van der Waals surface area contributed by atoms with Crippen LogP contribution < -0.4 is 15.7 Å². The summed E-state index contributed by atoms with van der Waals surface area (Å²) in [5, 5.41) is 24.4. The summed E-state index contributed by atoms with van der Waals surface area (Å²) in [5.41, 5.74) is 0.112. The first kappa shape index (κ1) is 36.0. The average molecular weight is 658 g/mol. The van der Waals surface area contributed by atoms with E-state index in [0.717, 1.165) is 12.1 Å². The Kier molecular flexibility index (Phi) is 11.0. The van der Waals surface area contributed by atoms with Crippen molar-refractivity contribution >= 4 is 30.1 Å². The maximum absolute atomic E-state index is 13.6. The topological polar surface area (TPSA) is 164 Å². The van der Waals surface area contributed by atoms with Crippen LogP contribution in [0.4, 0.5) is 29.6 Å². The number of ether oxygens (including phenoxy) is 1.